The van der Waals surface area contributed by atoms with E-state index in [4.69, 9.17) is 0 Å². The van der Waals surface area contributed by atoms with Crippen molar-refractivity contribution in [3.05, 3.63) is 54.6 Å². The van der Waals surface area contributed by atoms with Crippen LogP contribution in [0, 0.1) is 0 Å². The number of carbonyl (C=O) groups is 1. The molecule has 2 aromatic carbocycles. The number of urea groups is 1. The monoisotopic (exact) mass is 321 g/mol. The van der Waals surface area contributed by atoms with Crippen molar-refractivity contribution in [2.24, 2.45) is 0 Å². The van der Waals surface area contributed by atoms with E-state index in [0.29, 0.717) is 6.04 Å². The van der Waals surface area contributed by atoms with Crippen molar-refractivity contribution in [2.75, 3.05) is 31.5 Å². The number of nitrogens with one attached hydrogen (secondary N) is 1. The maximum Gasteiger partial charge on any atom is 0.322 e. The number of piperidine rings is 1. The van der Waals surface area contributed by atoms with E-state index in [1.165, 1.54) is 0 Å². The molecule has 24 heavy (non-hydrogen) atoms. The topological polar surface area (TPSA) is 35.6 Å². The van der Waals surface area contributed by atoms with Crippen molar-refractivity contribution in [2.45, 2.75) is 18.9 Å². The highest BCUT2D eigenvalue weighted by Crippen LogP contribution is 2.24. The highest BCUT2D eigenvalue weighted by molar-refractivity contribution is 5.90. The van der Waals surface area contributed by atoms with Crippen LogP contribution in [-0.4, -0.2) is 48.1 Å². The fraction of sp³-hybridized carbons (Fsp3) is 0.350. The van der Waals surface area contributed by atoms with Crippen LogP contribution in [0.4, 0.5) is 10.5 Å². The molecule has 3 heterocycles. The van der Waals surface area contributed by atoms with Gasteiger partial charge in [-0.05, 0) is 36.1 Å². The summed E-state index contributed by atoms with van der Waals surface area (Å²) in [6, 6.07) is 18.8. The predicted molar refractivity (Wildman–Crippen MR) is 97.1 cm³/mol. The lowest BCUT2D eigenvalue weighted by Gasteiger charge is -2.31. The molecule has 0 aromatic heterocycles. The molecule has 4 heteroatoms. The Morgan fingerprint density at radius 2 is 1.62 bits per heavy atom. The SMILES string of the molecule is O=C(Nc1cccc(-c2ccccc2)c1)N1CCN2CCC1CC2. The maximum atomic E-state index is 12.8. The summed E-state index contributed by atoms with van der Waals surface area (Å²) in [6.45, 7) is 4.07. The summed E-state index contributed by atoms with van der Waals surface area (Å²) in [5, 5.41) is 3.10. The molecule has 2 amide bonds. The number of benzene rings is 2. The van der Waals surface area contributed by atoms with Gasteiger partial charge in [0.05, 0.1) is 0 Å². The molecule has 3 aliphatic rings. The Morgan fingerprint density at radius 1 is 0.875 bits per heavy atom. The lowest BCUT2D eigenvalue weighted by atomic mass is 10.1. The minimum atomic E-state index is 0.0361. The van der Waals surface area contributed by atoms with Crippen molar-refractivity contribution >= 4 is 11.7 Å². The number of rotatable bonds is 2. The van der Waals surface area contributed by atoms with Crippen LogP contribution < -0.4 is 5.32 Å². The third-order valence-corrected chi connectivity index (χ3v) is 5.14. The minimum Gasteiger partial charge on any atom is -0.320 e. The molecule has 0 atom stereocenters. The van der Waals surface area contributed by atoms with Crippen LogP contribution in [0.15, 0.2) is 54.6 Å². The second kappa shape index (κ2) is 6.65. The summed E-state index contributed by atoms with van der Waals surface area (Å²) in [5.41, 5.74) is 3.14. The first-order valence-electron chi connectivity index (χ1n) is 8.75. The summed E-state index contributed by atoms with van der Waals surface area (Å²) < 4.78 is 0. The van der Waals surface area contributed by atoms with Crippen LogP contribution in [-0.2, 0) is 0 Å². The highest BCUT2D eigenvalue weighted by Gasteiger charge is 2.31. The number of amides is 2. The zero-order valence-electron chi connectivity index (χ0n) is 13.8. The first kappa shape index (κ1) is 15.2. The van der Waals surface area contributed by atoms with Crippen molar-refractivity contribution in [1.82, 2.24) is 9.80 Å². The van der Waals surface area contributed by atoms with Gasteiger partial charge in [-0.2, -0.15) is 0 Å². The normalized spacial score (nSPS) is 22.9. The molecule has 3 fully saturated rings. The molecule has 0 radical (unpaired) electrons. The molecule has 0 spiro atoms. The standard InChI is InChI=1S/C20H23N3O/c24-20(23-14-13-22-11-9-19(23)10-12-22)21-18-8-4-7-17(15-18)16-5-2-1-3-6-16/h1-8,15,19H,9-14H2,(H,21,24). The smallest absolute Gasteiger partial charge is 0.320 e. The van der Waals surface area contributed by atoms with E-state index in [1.54, 1.807) is 0 Å². The van der Waals surface area contributed by atoms with E-state index in [9.17, 15) is 4.79 Å². The molecule has 0 saturated carbocycles. The van der Waals surface area contributed by atoms with Crippen LogP contribution in [0.1, 0.15) is 12.8 Å². The molecule has 2 aromatic rings. The summed E-state index contributed by atoms with van der Waals surface area (Å²) in [7, 11) is 0. The first-order chi connectivity index (χ1) is 11.8. The summed E-state index contributed by atoms with van der Waals surface area (Å²) in [4.78, 5) is 17.2. The molecule has 124 valence electrons. The van der Waals surface area contributed by atoms with Gasteiger partial charge in [0.15, 0.2) is 0 Å². The van der Waals surface area contributed by atoms with E-state index in [1.807, 2.05) is 41.3 Å². The molecule has 3 saturated heterocycles. The Labute approximate surface area is 143 Å². The Kier molecular flexibility index (Phi) is 4.22. The van der Waals surface area contributed by atoms with Gasteiger partial charge < -0.3 is 15.1 Å². The Bertz CT molecular complexity index is 708. The molecule has 3 aliphatic heterocycles. The number of hydrogen-bond acceptors (Lipinski definition) is 2. The molecule has 4 nitrogen and oxygen atoms in total. The van der Waals surface area contributed by atoms with Gasteiger partial charge in [0.1, 0.15) is 0 Å². The molecule has 2 bridgehead atoms. The largest absolute Gasteiger partial charge is 0.322 e. The maximum absolute atomic E-state index is 12.8. The van der Waals surface area contributed by atoms with Crippen LogP contribution in [0.2, 0.25) is 0 Å². The minimum absolute atomic E-state index is 0.0361. The van der Waals surface area contributed by atoms with E-state index >= 15 is 0 Å². The Balaban J connectivity index is 1.50. The average molecular weight is 321 g/mol. The quantitative estimate of drug-likeness (QED) is 0.916. The Morgan fingerprint density at radius 3 is 2.42 bits per heavy atom. The van der Waals surface area contributed by atoms with Crippen molar-refractivity contribution in [1.29, 1.82) is 0 Å². The van der Waals surface area contributed by atoms with Crippen molar-refractivity contribution < 1.29 is 4.79 Å². The van der Waals surface area contributed by atoms with Gasteiger partial charge in [-0.1, -0.05) is 42.5 Å². The van der Waals surface area contributed by atoms with Crippen LogP contribution in [0.25, 0.3) is 11.1 Å². The van der Waals surface area contributed by atoms with Gasteiger partial charge in [0.2, 0.25) is 0 Å². The highest BCUT2D eigenvalue weighted by atomic mass is 16.2. The van der Waals surface area contributed by atoms with Gasteiger partial charge in [-0.15, -0.1) is 0 Å². The van der Waals surface area contributed by atoms with E-state index in [0.717, 1.165) is 55.8 Å². The molecular formula is C20H23N3O. The third-order valence-electron chi connectivity index (χ3n) is 5.14. The summed E-state index contributed by atoms with van der Waals surface area (Å²) in [5.74, 6) is 0. The van der Waals surface area contributed by atoms with Gasteiger partial charge in [-0.3, -0.25) is 0 Å². The van der Waals surface area contributed by atoms with E-state index in [-0.39, 0.29) is 6.03 Å². The molecular weight excluding hydrogens is 298 g/mol. The Hall–Kier alpha value is -2.33. The lowest BCUT2D eigenvalue weighted by molar-refractivity contribution is 0.182. The van der Waals surface area contributed by atoms with Crippen LogP contribution in [0.3, 0.4) is 0 Å². The zero-order valence-corrected chi connectivity index (χ0v) is 13.8. The van der Waals surface area contributed by atoms with Gasteiger partial charge >= 0.3 is 6.03 Å². The van der Waals surface area contributed by atoms with Gasteiger partial charge in [0.25, 0.3) is 0 Å². The number of fused-ring (bicyclic) bond motifs is 4. The zero-order chi connectivity index (χ0) is 16.4. The average Bonchev–Trinajstić information content (AvgIpc) is 2.97. The third kappa shape index (κ3) is 3.15. The number of anilines is 1. The molecule has 5 rings (SSSR count). The van der Waals surface area contributed by atoms with Gasteiger partial charge in [-0.25, -0.2) is 4.79 Å². The second-order valence-corrected chi connectivity index (χ2v) is 6.64. The fourth-order valence-corrected chi connectivity index (χ4v) is 3.76. The number of hydrogen-bond donors (Lipinski definition) is 1. The number of nitrogens with zero attached hydrogens (tertiary/aromatic N) is 2. The van der Waals surface area contributed by atoms with Crippen LogP contribution >= 0.6 is 0 Å². The molecule has 0 aliphatic carbocycles. The van der Waals surface area contributed by atoms with E-state index in [2.05, 4.69) is 28.4 Å². The van der Waals surface area contributed by atoms with Crippen molar-refractivity contribution in [3.8, 4) is 11.1 Å². The lowest BCUT2D eigenvalue weighted by Crippen LogP contribution is -2.43. The van der Waals surface area contributed by atoms with Crippen molar-refractivity contribution in [3.63, 3.8) is 0 Å². The predicted octanol–water partition coefficient (Wildman–Crippen LogP) is 3.67. The van der Waals surface area contributed by atoms with Gasteiger partial charge in [0, 0.05) is 37.9 Å². The summed E-state index contributed by atoms with van der Waals surface area (Å²) >= 11 is 0. The fourth-order valence-electron chi connectivity index (χ4n) is 3.76. The molecule has 1 N–H and O–H groups in total. The van der Waals surface area contributed by atoms with Crippen LogP contribution in [0.5, 0.6) is 0 Å². The number of carbonyl (C=O) groups excluding carboxylic acids is 1. The first-order valence-corrected chi connectivity index (χ1v) is 8.75. The summed E-state index contributed by atoms with van der Waals surface area (Å²) in [6.07, 6.45) is 2.19. The second-order valence-electron chi connectivity index (χ2n) is 6.64. The van der Waals surface area contributed by atoms with E-state index < -0.39 is 0 Å². The molecule has 0 unspecified atom stereocenters.